The van der Waals surface area contributed by atoms with E-state index < -0.39 is 0 Å². The van der Waals surface area contributed by atoms with Crippen LogP contribution in [-0.2, 0) is 6.54 Å². The van der Waals surface area contributed by atoms with E-state index in [1.807, 2.05) is 18.7 Å². The Labute approximate surface area is 121 Å². The van der Waals surface area contributed by atoms with Gasteiger partial charge in [-0.2, -0.15) is 0 Å². The van der Waals surface area contributed by atoms with Crippen LogP contribution in [0.5, 0.6) is 0 Å². The Kier molecular flexibility index (Phi) is 3.88. The lowest BCUT2D eigenvalue weighted by molar-refractivity contribution is 0.260. The van der Waals surface area contributed by atoms with Crippen LogP contribution in [0.2, 0.25) is 0 Å². The molecule has 0 radical (unpaired) electrons. The highest BCUT2D eigenvalue weighted by atomic mass is 15.1. The lowest BCUT2D eigenvalue weighted by atomic mass is 9.75. The van der Waals surface area contributed by atoms with Crippen LogP contribution in [0.3, 0.4) is 0 Å². The molecule has 0 aliphatic heterocycles. The Bertz CT molecular complexity index is 541. The Morgan fingerprint density at radius 1 is 1.40 bits per heavy atom. The first kappa shape index (κ1) is 13.4. The summed E-state index contributed by atoms with van der Waals surface area (Å²) in [5.41, 5.74) is 2.87. The number of hydrogen-bond acceptors (Lipinski definition) is 2. The summed E-state index contributed by atoms with van der Waals surface area (Å²) in [7, 11) is 0. The fourth-order valence-corrected chi connectivity index (χ4v) is 3.12. The van der Waals surface area contributed by atoms with Gasteiger partial charge in [-0.25, -0.2) is 4.98 Å². The van der Waals surface area contributed by atoms with Gasteiger partial charge in [0.05, 0.1) is 6.33 Å². The van der Waals surface area contributed by atoms with E-state index in [0.717, 1.165) is 12.5 Å². The average Bonchev–Trinajstić information content (AvgIpc) is 2.86. The Morgan fingerprint density at radius 2 is 2.25 bits per heavy atom. The second-order valence-corrected chi connectivity index (χ2v) is 6.11. The summed E-state index contributed by atoms with van der Waals surface area (Å²) in [5.74, 6) is 0.743. The molecule has 1 aliphatic carbocycles. The molecule has 3 heteroatoms. The first-order valence-corrected chi connectivity index (χ1v) is 7.49. The lowest BCUT2D eigenvalue weighted by Gasteiger charge is -2.38. The van der Waals surface area contributed by atoms with Crippen LogP contribution < -0.4 is 5.32 Å². The fraction of sp³-hybridized carbons (Fsp3) is 0.471. The van der Waals surface area contributed by atoms with Crippen molar-refractivity contribution in [1.29, 1.82) is 0 Å². The number of rotatable bonds is 5. The van der Waals surface area contributed by atoms with Gasteiger partial charge < -0.3 is 9.88 Å². The van der Waals surface area contributed by atoms with E-state index in [0.29, 0.717) is 12.1 Å². The fourth-order valence-electron chi connectivity index (χ4n) is 3.12. The average molecular weight is 269 g/mol. The van der Waals surface area contributed by atoms with Gasteiger partial charge in [0.25, 0.3) is 0 Å². The van der Waals surface area contributed by atoms with Crippen molar-refractivity contribution < 1.29 is 0 Å². The van der Waals surface area contributed by atoms with Gasteiger partial charge in [0.2, 0.25) is 0 Å². The van der Waals surface area contributed by atoms with Crippen LogP contribution in [0.25, 0.3) is 0 Å². The summed E-state index contributed by atoms with van der Waals surface area (Å²) < 4.78 is 2.13. The molecule has 2 aromatic rings. The molecule has 1 aromatic carbocycles. The second-order valence-electron chi connectivity index (χ2n) is 6.11. The minimum atomic E-state index is 0.493. The Balaban J connectivity index is 1.46. The van der Waals surface area contributed by atoms with Gasteiger partial charge in [-0.1, -0.05) is 29.8 Å². The zero-order valence-corrected chi connectivity index (χ0v) is 12.3. The van der Waals surface area contributed by atoms with Gasteiger partial charge in [-0.15, -0.1) is 0 Å². The van der Waals surface area contributed by atoms with E-state index in [2.05, 4.69) is 53.0 Å². The number of aromatic nitrogens is 2. The van der Waals surface area contributed by atoms with Gasteiger partial charge in [0, 0.05) is 31.0 Å². The summed E-state index contributed by atoms with van der Waals surface area (Å²) in [6, 6.07) is 10.1. The predicted octanol–water partition coefficient (Wildman–Crippen LogP) is 3.12. The standard InChI is InChI=1S/C17H23N3/c1-13-4-3-5-15(8-13)16-9-17(10-16)19-14(2)11-20-7-6-18-12-20/h3-8,12,14,16-17,19H,9-11H2,1-2H3. The van der Waals surface area contributed by atoms with Gasteiger partial charge in [-0.3, -0.25) is 0 Å². The topological polar surface area (TPSA) is 29.9 Å². The minimum absolute atomic E-state index is 0.493. The number of nitrogens with one attached hydrogen (secondary N) is 1. The van der Waals surface area contributed by atoms with Crippen LogP contribution in [-0.4, -0.2) is 21.6 Å². The zero-order valence-electron chi connectivity index (χ0n) is 12.3. The van der Waals surface area contributed by atoms with Crippen molar-refractivity contribution in [3.8, 4) is 0 Å². The van der Waals surface area contributed by atoms with E-state index in [4.69, 9.17) is 0 Å². The molecule has 0 bridgehead atoms. The molecule has 1 aromatic heterocycles. The smallest absolute Gasteiger partial charge is 0.0946 e. The van der Waals surface area contributed by atoms with Crippen molar-refractivity contribution in [2.75, 3.05) is 0 Å². The highest BCUT2D eigenvalue weighted by molar-refractivity contribution is 5.27. The Morgan fingerprint density at radius 3 is 2.95 bits per heavy atom. The van der Waals surface area contributed by atoms with Crippen molar-refractivity contribution in [3.05, 3.63) is 54.1 Å². The molecule has 1 unspecified atom stereocenters. The number of nitrogens with zero attached hydrogens (tertiary/aromatic N) is 2. The van der Waals surface area contributed by atoms with E-state index in [1.165, 1.54) is 24.0 Å². The van der Waals surface area contributed by atoms with Crippen LogP contribution in [0, 0.1) is 6.92 Å². The van der Waals surface area contributed by atoms with Crippen molar-refractivity contribution >= 4 is 0 Å². The van der Waals surface area contributed by atoms with Gasteiger partial charge >= 0.3 is 0 Å². The molecule has 3 nitrogen and oxygen atoms in total. The third-order valence-electron chi connectivity index (χ3n) is 4.22. The molecule has 1 atom stereocenters. The molecule has 0 saturated heterocycles. The molecule has 1 aliphatic rings. The molecule has 1 N–H and O–H groups in total. The van der Waals surface area contributed by atoms with E-state index in [1.54, 1.807) is 0 Å². The highest BCUT2D eigenvalue weighted by Crippen LogP contribution is 2.37. The van der Waals surface area contributed by atoms with Crippen molar-refractivity contribution in [1.82, 2.24) is 14.9 Å². The highest BCUT2D eigenvalue weighted by Gasteiger charge is 2.30. The first-order chi connectivity index (χ1) is 9.70. The first-order valence-electron chi connectivity index (χ1n) is 7.49. The zero-order chi connectivity index (χ0) is 13.9. The molecule has 20 heavy (non-hydrogen) atoms. The minimum Gasteiger partial charge on any atom is -0.336 e. The number of imidazole rings is 1. The van der Waals surface area contributed by atoms with Crippen LogP contribution in [0.1, 0.15) is 36.8 Å². The molecule has 0 spiro atoms. The predicted molar refractivity (Wildman–Crippen MR) is 81.8 cm³/mol. The third kappa shape index (κ3) is 3.10. The molecule has 1 heterocycles. The van der Waals surface area contributed by atoms with Crippen LogP contribution >= 0.6 is 0 Å². The molecule has 106 valence electrons. The second kappa shape index (κ2) is 5.80. The maximum Gasteiger partial charge on any atom is 0.0946 e. The quantitative estimate of drug-likeness (QED) is 0.904. The summed E-state index contributed by atoms with van der Waals surface area (Å²) in [6.45, 7) is 5.41. The summed E-state index contributed by atoms with van der Waals surface area (Å²) in [4.78, 5) is 4.08. The van der Waals surface area contributed by atoms with Crippen molar-refractivity contribution in [2.45, 2.75) is 51.2 Å². The molecule has 0 amide bonds. The monoisotopic (exact) mass is 269 g/mol. The van der Waals surface area contributed by atoms with Crippen LogP contribution in [0.4, 0.5) is 0 Å². The van der Waals surface area contributed by atoms with Crippen molar-refractivity contribution in [3.63, 3.8) is 0 Å². The largest absolute Gasteiger partial charge is 0.336 e. The summed E-state index contributed by atoms with van der Waals surface area (Å²) in [6.07, 6.45) is 8.27. The molecular weight excluding hydrogens is 246 g/mol. The maximum absolute atomic E-state index is 4.08. The summed E-state index contributed by atoms with van der Waals surface area (Å²) in [5, 5.41) is 3.72. The normalized spacial score (nSPS) is 23.3. The lowest BCUT2D eigenvalue weighted by Crippen LogP contribution is -2.45. The number of benzene rings is 1. The van der Waals surface area contributed by atoms with E-state index in [-0.39, 0.29) is 0 Å². The van der Waals surface area contributed by atoms with E-state index >= 15 is 0 Å². The molecular formula is C17H23N3. The summed E-state index contributed by atoms with van der Waals surface area (Å²) >= 11 is 0. The van der Waals surface area contributed by atoms with Gasteiger partial charge in [-0.05, 0) is 38.2 Å². The SMILES string of the molecule is Cc1cccc(C2CC(NC(C)Cn3ccnc3)C2)c1. The van der Waals surface area contributed by atoms with Gasteiger partial charge in [0.1, 0.15) is 0 Å². The molecule has 3 rings (SSSR count). The Hall–Kier alpha value is -1.61. The maximum atomic E-state index is 4.08. The molecule has 1 saturated carbocycles. The third-order valence-corrected chi connectivity index (χ3v) is 4.22. The molecule has 1 fully saturated rings. The van der Waals surface area contributed by atoms with E-state index in [9.17, 15) is 0 Å². The van der Waals surface area contributed by atoms with Crippen molar-refractivity contribution in [2.24, 2.45) is 0 Å². The van der Waals surface area contributed by atoms with Gasteiger partial charge in [0.15, 0.2) is 0 Å². The number of hydrogen-bond donors (Lipinski definition) is 1. The number of aryl methyl sites for hydroxylation is 1. The van der Waals surface area contributed by atoms with Crippen LogP contribution in [0.15, 0.2) is 43.0 Å².